The third-order valence-corrected chi connectivity index (χ3v) is 2.59. The quantitative estimate of drug-likeness (QED) is 0.437. The van der Waals surface area contributed by atoms with E-state index in [1.54, 1.807) is 12.1 Å². The molecule has 0 fully saturated rings. The minimum Gasteiger partial charge on any atom is -0.479 e. The van der Waals surface area contributed by atoms with Crippen molar-refractivity contribution in [1.29, 1.82) is 0 Å². The highest BCUT2D eigenvalue weighted by molar-refractivity contribution is 7.82. The summed E-state index contributed by atoms with van der Waals surface area (Å²) in [5.41, 5.74) is 5.48. The minimum absolute atomic E-state index is 0.116. The Morgan fingerprint density at radius 2 is 2.24 bits per heavy atom. The maximum atomic E-state index is 11.5. The van der Waals surface area contributed by atoms with Crippen molar-refractivity contribution in [3.63, 3.8) is 0 Å². The van der Waals surface area contributed by atoms with E-state index >= 15 is 0 Å². The van der Waals surface area contributed by atoms with Crippen LogP contribution in [0.4, 0.5) is 0 Å². The van der Waals surface area contributed by atoms with Gasteiger partial charge in [-0.05, 0) is 19.1 Å². The fraction of sp³-hybridized carbons (Fsp3) is 0.300. The van der Waals surface area contributed by atoms with E-state index in [9.17, 15) is 9.59 Å². The number of hydrogen-bond donors (Lipinski definition) is 4. The minimum atomic E-state index is -1.88. The molecule has 1 amide bonds. The van der Waals surface area contributed by atoms with Crippen molar-refractivity contribution in [2.24, 2.45) is 5.73 Å². The lowest BCUT2D eigenvalue weighted by molar-refractivity contribution is -0.143. The molecule has 0 radical (unpaired) electrons. The van der Waals surface area contributed by atoms with Crippen LogP contribution in [-0.4, -0.2) is 28.0 Å². The summed E-state index contributed by atoms with van der Waals surface area (Å²) in [6.07, 6.45) is 1.42. The molecule has 0 aromatic carbocycles. The standard InChI is InChI=1S/C10H13N3O3S/c1-6(11)8(14)13-10(17,9(15)16)7-4-2-3-5-12-7/h2-6,17H,11H2,1H3,(H,13,14)(H,15,16)/t6-,10?/m0/s1. The predicted octanol–water partition coefficient (Wildman–Crippen LogP) is -0.288. The summed E-state index contributed by atoms with van der Waals surface area (Å²) in [5, 5.41) is 11.4. The van der Waals surface area contributed by atoms with Crippen LogP contribution in [0.15, 0.2) is 24.4 Å². The van der Waals surface area contributed by atoms with E-state index in [0.717, 1.165) is 0 Å². The molecule has 92 valence electrons. The number of thiol groups is 1. The molecule has 17 heavy (non-hydrogen) atoms. The molecular formula is C10H13N3O3S. The average molecular weight is 255 g/mol. The molecule has 1 heterocycles. The van der Waals surface area contributed by atoms with E-state index in [1.807, 2.05) is 0 Å². The molecule has 0 bridgehead atoms. The first-order valence-electron chi connectivity index (χ1n) is 4.83. The van der Waals surface area contributed by atoms with Crippen molar-refractivity contribution in [1.82, 2.24) is 10.3 Å². The highest BCUT2D eigenvalue weighted by atomic mass is 32.1. The van der Waals surface area contributed by atoms with Crippen LogP contribution in [0.3, 0.4) is 0 Å². The first-order valence-corrected chi connectivity index (χ1v) is 5.27. The lowest BCUT2D eigenvalue weighted by Crippen LogP contribution is -2.52. The van der Waals surface area contributed by atoms with Gasteiger partial charge in [0, 0.05) is 6.20 Å². The van der Waals surface area contributed by atoms with E-state index in [0.29, 0.717) is 0 Å². The van der Waals surface area contributed by atoms with Gasteiger partial charge in [0.1, 0.15) is 0 Å². The van der Waals surface area contributed by atoms with E-state index in [2.05, 4.69) is 22.9 Å². The maximum Gasteiger partial charge on any atom is 0.346 e. The number of nitrogens with one attached hydrogen (secondary N) is 1. The van der Waals surface area contributed by atoms with Gasteiger partial charge < -0.3 is 16.2 Å². The van der Waals surface area contributed by atoms with Gasteiger partial charge in [0.05, 0.1) is 11.7 Å². The van der Waals surface area contributed by atoms with Crippen LogP contribution in [-0.2, 0) is 14.5 Å². The Kier molecular flexibility index (Phi) is 4.08. The second-order valence-electron chi connectivity index (χ2n) is 3.51. The van der Waals surface area contributed by atoms with Gasteiger partial charge in [0.15, 0.2) is 0 Å². The summed E-state index contributed by atoms with van der Waals surface area (Å²) in [7, 11) is 0. The smallest absolute Gasteiger partial charge is 0.346 e. The zero-order valence-corrected chi connectivity index (χ0v) is 10.0. The second kappa shape index (κ2) is 5.15. The molecule has 0 aliphatic heterocycles. The highest BCUT2D eigenvalue weighted by Gasteiger charge is 2.40. The monoisotopic (exact) mass is 255 g/mol. The molecule has 1 aromatic heterocycles. The van der Waals surface area contributed by atoms with Crippen molar-refractivity contribution in [3.05, 3.63) is 30.1 Å². The lowest BCUT2D eigenvalue weighted by Gasteiger charge is -2.25. The number of aromatic nitrogens is 1. The Hall–Kier alpha value is -1.60. The number of hydrogen-bond acceptors (Lipinski definition) is 5. The van der Waals surface area contributed by atoms with Crippen molar-refractivity contribution in [2.45, 2.75) is 17.8 Å². The number of nitrogens with two attached hydrogens (primary N) is 1. The molecule has 0 saturated carbocycles. The van der Waals surface area contributed by atoms with Crippen molar-refractivity contribution in [3.8, 4) is 0 Å². The molecule has 1 aromatic rings. The van der Waals surface area contributed by atoms with Gasteiger partial charge in [-0.1, -0.05) is 6.07 Å². The number of nitrogens with zero attached hydrogens (tertiary/aromatic N) is 1. The molecule has 0 aliphatic carbocycles. The summed E-state index contributed by atoms with van der Waals surface area (Å²) in [6, 6.07) is 3.87. The maximum absolute atomic E-state index is 11.5. The summed E-state index contributed by atoms with van der Waals surface area (Å²) in [4.78, 5) is 24.7. The van der Waals surface area contributed by atoms with E-state index in [-0.39, 0.29) is 5.69 Å². The molecule has 0 spiro atoms. The van der Waals surface area contributed by atoms with Crippen LogP contribution < -0.4 is 11.1 Å². The van der Waals surface area contributed by atoms with Crippen LogP contribution in [0, 0.1) is 0 Å². The zero-order valence-electron chi connectivity index (χ0n) is 9.12. The van der Waals surface area contributed by atoms with Crippen molar-refractivity contribution >= 4 is 24.5 Å². The first kappa shape index (κ1) is 13.5. The fourth-order valence-corrected chi connectivity index (χ4v) is 1.34. The van der Waals surface area contributed by atoms with Gasteiger partial charge in [-0.2, -0.15) is 0 Å². The Morgan fingerprint density at radius 1 is 1.59 bits per heavy atom. The SMILES string of the molecule is C[C@H](N)C(=O)NC(S)(C(=O)O)c1ccccn1. The van der Waals surface area contributed by atoms with Gasteiger partial charge in [-0.3, -0.25) is 9.78 Å². The zero-order chi connectivity index (χ0) is 13.1. The number of amides is 1. The number of carbonyl (C=O) groups is 2. The summed E-state index contributed by atoms with van der Waals surface area (Å²) in [5.74, 6) is -1.94. The normalized spacial score (nSPS) is 15.7. The number of carboxylic acid groups (broad SMARTS) is 1. The fourth-order valence-electron chi connectivity index (χ4n) is 1.10. The van der Waals surface area contributed by atoms with E-state index in [4.69, 9.17) is 10.8 Å². The van der Waals surface area contributed by atoms with Gasteiger partial charge in [-0.15, -0.1) is 12.6 Å². The third kappa shape index (κ3) is 2.95. The number of aliphatic carboxylic acids is 1. The Balaban J connectivity index is 3.07. The Morgan fingerprint density at radius 3 is 2.65 bits per heavy atom. The van der Waals surface area contributed by atoms with Crippen LogP contribution in [0.25, 0.3) is 0 Å². The Labute approximate surface area is 104 Å². The average Bonchev–Trinajstić information content (AvgIpc) is 2.29. The summed E-state index contributed by atoms with van der Waals surface area (Å²) >= 11 is 3.99. The molecule has 6 nitrogen and oxygen atoms in total. The molecule has 4 N–H and O–H groups in total. The molecule has 1 unspecified atom stereocenters. The molecule has 2 atom stereocenters. The van der Waals surface area contributed by atoms with Gasteiger partial charge in [0.2, 0.25) is 10.8 Å². The largest absolute Gasteiger partial charge is 0.479 e. The number of pyridine rings is 1. The van der Waals surface area contributed by atoms with Gasteiger partial charge in [-0.25, -0.2) is 4.79 Å². The third-order valence-electron chi connectivity index (χ3n) is 2.06. The van der Waals surface area contributed by atoms with E-state index < -0.39 is 22.8 Å². The highest BCUT2D eigenvalue weighted by Crippen LogP contribution is 2.23. The first-order chi connectivity index (χ1) is 7.88. The Bertz CT molecular complexity index is 424. The number of carbonyl (C=O) groups excluding carboxylic acids is 1. The number of rotatable bonds is 4. The number of carboxylic acids is 1. The van der Waals surface area contributed by atoms with Gasteiger partial charge >= 0.3 is 5.97 Å². The topological polar surface area (TPSA) is 105 Å². The predicted molar refractivity (Wildman–Crippen MR) is 64.3 cm³/mol. The summed E-state index contributed by atoms with van der Waals surface area (Å²) in [6.45, 7) is 1.45. The second-order valence-corrected chi connectivity index (χ2v) is 4.18. The molecular weight excluding hydrogens is 242 g/mol. The molecule has 7 heteroatoms. The van der Waals surface area contributed by atoms with Crippen molar-refractivity contribution < 1.29 is 14.7 Å². The van der Waals surface area contributed by atoms with Crippen LogP contribution in [0.5, 0.6) is 0 Å². The van der Waals surface area contributed by atoms with E-state index in [1.165, 1.54) is 19.2 Å². The molecule has 0 saturated heterocycles. The van der Waals surface area contributed by atoms with Crippen LogP contribution in [0.2, 0.25) is 0 Å². The van der Waals surface area contributed by atoms with Gasteiger partial charge in [0.25, 0.3) is 0 Å². The lowest BCUT2D eigenvalue weighted by atomic mass is 10.1. The van der Waals surface area contributed by atoms with Crippen LogP contribution >= 0.6 is 12.6 Å². The van der Waals surface area contributed by atoms with Crippen LogP contribution in [0.1, 0.15) is 12.6 Å². The molecule has 0 aliphatic rings. The summed E-state index contributed by atoms with van der Waals surface area (Å²) < 4.78 is 0. The molecule has 1 rings (SSSR count). The van der Waals surface area contributed by atoms with Crippen molar-refractivity contribution in [2.75, 3.05) is 0 Å².